The maximum absolute atomic E-state index is 11.9. The fourth-order valence-corrected chi connectivity index (χ4v) is 1.91. The lowest BCUT2D eigenvalue weighted by molar-refractivity contribution is -0.137. The summed E-state index contributed by atoms with van der Waals surface area (Å²) in [6, 6.07) is 7.15. The number of aliphatic hydroxyl groups excluding tert-OH is 1. The molecule has 0 radical (unpaired) electrons. The van der Waals surface area contributed by atoms with Crippen LogP contribution in [0.25, 0.3) is 0 Å². The number of rotatable bonds is 4. The first-order valence-corrected chi connectivity index (χ1v) is 6.43. The topological polar surface area (TPSA) is 59.0 Å². The lowest BCUT2D eigenvalue weighted by Gasteiger charge is -2.26. The highest BCUT2D eigenvalue weighted by Crippen LogP contribution is 2.18. The Bertz CT molecular complexity index is 427. The number of carbonyl (C=O) groups excluding carboxylic acids is 1. The molecule has 1 unspecified atom stereocenters. The minimum atomic E-state index is -0.543. The van der Waals surface area contributed by atoms with Crippen LogP contribution in [0.5, 0.6) is 5.75 Å². The largest absolute Gasteiger partial charge is 0.484 e. The molecule has 0 aliphatic carbocycles. The Labute approximate surface area is 112 Å². The maximum atomic E-state index is 11.9. The molecule has 1 heterocycles. The molecule has 1 fully saturated rings. The number of aliphatic hydroxyl groups is 1. The Hall–Kier alpha value is -1.59. The average Bonchev–Trinajstić information content (AvgIpc) is 2.46. The van der Waals surface area contributed by atoms with Gasteiger partial charge < -0.3 is 19.5 Å². The van der Waals surface area contributed by atoms with Gasteiger partial charge in [0.05, 0.1) is 19.3 Å². The molecule has 19 heavy (non-hydrogen) atoms. The molecule has 1 aromatic rings. The Morgan fingerprint density at radius 3 is 2.89 bits per heavy atom. The van der Waals surface area contributed by atoms with Gasteiger partial charge in [0.25, 0.3) is 5.91 Å². The number of hydrogen-bond donors (Lipinski definition) is 1. The zero-order valence-electron chi connectivity index (χ0n) is 11.0. The quantitative estimate of drug-likeness (QED) is 0.881. The number of hydrogen-bond acceptors (Lipinski definition) is 4. The van der Waals surface area contributed by atoms with Crippen molar-refractivity contribution in [2.24, 2.45) is 0 Å². The van der Waals surface area contributed by atoms with Gasteiger partial charge >= 0.3 is 0 Å². The van der Waals surface area contributed by atoms with Gasteiger partial charge in [-0.2, -0.15) is 0 Å². The van der Waals surface area contributed by atoms with Crippen molar-refractivity contribution in [3.63, 3.8) is 0 Å². The number of amides is 1. The van der Waals surface area contributed by atoms with E-state index in [0.717, 1.165) is 5.56 Å². The van der Waals surface area contributed by atoms with E-state index in [1.165, 1.54) is 0 Å². The van der Waals surface area contributed by atoms with E-state index in [4.69, 9.17) is 9.47 Å². The molecule has 5 nitrogen and oxygen atoms in total. The second kappa shape index (κ2) is 6.54. The first-order chi connectivity index (χ1) is 9.16. The number of ether oxygens (including phenoxy) is 2. The smallest absolute Gasteiger partial charge is 0.260 e. The highest BCUT2D eigenvalue weighted by atomic mass is 16.5. The first kappa shape index (κ1) is 13.8. The van der Waals surface area contributed by atoms with Crippen molar-refractivity contribution in [1.82, 2.24) is 4.90 Å². The molecule has 1 aliphatic rings. The third kappa shape index (κ3) is 3.94. The summed E-state index contributed by atoms with van der Waals surface area (Å²) in [6.07, 6.45) is -0.543. The molecule has 1 aliphatic heterocycles. The molecule has 1 aromatic carbocycles. The van der Waals surface area contributed by atoms with Crippen molar-refractivity contribution in [2.75, 3.05) is 32.9 Å². The zero-order valence-corrected chi connectivity index (χ0v) is 11.0. The summed E-state index contributed by atoms with van der Waals surface area (Å²) in [6.45, 7) is 4.12. The maximum Gasteiger partial charge on any atom is 0.260 e. The Kier molecular flexibility index (Phi) is 4.76. The number of carbonyl (C=O) groups is 1. The fourth-order valence-electron chi connectivity index (χ4n) is 1.91. The van der Waals surface area contributed by atoms with Gasteiger partial charge in [-0.1, -0.05) is 12.1 Å². The SMILES string of the molecule is CC(O)c1cccc(OCC(=O)N2CCOCC2)c1. The molecule has 2 rings (SSSR count). The molecule has 0 spiro atoms. The minimum absolute atomic E-state index is 0.0171. The molecule has 0 aromatic heterocycles. The number of benzene rings is 1. The van der Waals surface area contributed by atoms with E-state index in [1.807, 2.05) is 6.07 Å². The van der Waals surface area contributed by atoms with E-state index in [-0.39, 0.29) is 12.5 Å². The van der Waals surface area contributed by atoms with Crippen molar-refractivity contribution in [3.8, 4) is 5.75 Å². The van der Waals surface area contributed by atoms with Crippen molar-refractivity contribution >= 4 is 5.91 Å². The van der Waals surface area contributed by atoms with Crippen LogP contribution in [0, 0.1) is 0 Å². The second-order valence-corrected chi connectivity index (χ2v) is 4.53. The lowest BCUT2D eigenvalue weighted by atomic mass is 10.1. The van der Waals surface area contributed by atoms with Gasteiger partial charge in [-0.3, -0.25) is 4.79 Å². The van der Waals surface area contributed by atoms with E-state index in [2.05, 4.69) is 0 Å². The second-order valence-electron chi connectivity index (χ2n) is 4.53. The molecule has 5 heteroatoms. The van der Waals surface area contributed by atoms with E-state index in [0.29, 0.717) is 32.1 Å². The van der Waals surface area contributed by atoms with Crippen LogP contribution in [-0.4, -0.2) is 48.8 Å². The third-order valence-corrected chi connectivity index (χ3v) is 3.07. The highest BCUT2D eigenvalue weighted by Gasteiger charge is 2.17. The van der Waals surface area contributed by atoms with Gasteiger partial charge in [-0.15, -0.1) is 0 Å². The zero-order chi connectivity index (χ0) is 13.7. The summed E-state index contributed by atoms with van der Waals surface area (Å²) >= 11 is 0. The predicted molar refractivity (Wildman–Crippen MR) is 70.0 cm³/mol. The van der Waals surface area contributed by atoms with E-state index in [1.54, 1.807) is 30.0 Å². The van der Waals surface area contributed by atoms with Crippen LogP contribution in [0.15, 0.2) is 24.3 Å². The number of nitrogens with zero attached hydrogens (tertiary/aromatic N) is 1. The molecule has 1 saturated heterocycles. The van der Waals surface area contributed by atoms with Crippen LogP contribution in [0.3, 0.4) is 0 Å². The van der Waals surface area contributed by atoms with E-state index in [9.17, 15) is 9.90 Å². The first-order valence-electron chi connectivity index (χ1n) is 6.43. The van der Waals surface area contributed by atoms with Crippen LogP contribution in [0.4, 0.5) is 0 Å². The van der Waals surface area contributed by atoms with Crippen LogP contribution < -0.4 is 4.74 Å². The van der Waals surface area contributed by atoms with E-state index >= 15 is 0 Å². The summed E-state index contributed by atoms with van der Waals surface area (Å²) < 4.78 is 10.7. The average molecular weight is 265 g/mol. The summed E-state index contributed by atoms with van der Waals surface area (Å²) in [5.74, 6) is 0.561. The molecule has 1 amide bonds. The van der Waals surface area contributed by atoms with Crippen LogP contribution >= 0.6 is 0 Å². The van der Waals surface area contributed by atoms with Crippen molar-refractivity contribution in [1.29, 1.82) is 0 Å². The summed E-state index contributed by atoms with van der Waals surface area (Å²) in [7, 11) is 0. The van der Waals surface area contributed by atoms with Crippen molar-refractivity contribution in [3.05, 3.63) is 29.8 Å². The summed E-state index contributed by atoms with van der Waals surface area (Å²) in [5.41, 5.74) is 0.774. The molecule has 0 bridgehead atoms. The number of morpholine rings is 1. The summed E-state index contributed by atoms with van der Waals surface area (Å²) in [5, 5.41) is 9.48. The van der Waals surface area contributed by atoms with Gasteiger partial charge in [0.1, 0.15) is 5.75 Å². The van der Waals surface area contributed by atoms with Gasteiger partial charge in [0.2, 0.25) is 0 Å². The fraction of sp³-hybridized carbons (Fsp3) is 0.500. The molecule has 104 valence electrons. The Morgan fingerprint density at radius 1 is 1.47 bits per heavy atom. The molecule has 1 N–H and O–H groups in total. The predicted octanol–water partition coefficient (Wildman–Crippen LogP) is 0.978. The van der Waals surface area contributed by atoms with Gasteiger partial charge in [-0.05, 0) is 24.6 Å². The van der Waals surface area contributed by atoms with Crippen LogP contribution in [-0.2, 0) is 9.53 Å². The third-order valence-electron chi connectivity index (χ3n) is 3.07. The van der Waals surface area contributed by atoms with Gasteiger partial charge in [0.15, 0.2) is 6.61 Å². The lowest BCUT2D eigenvalue weighted by Crippen LogP contribution is -2.42. The monoisotopic (exact) mass is 265 g/mol. The van der Waals surface area contributed by atoms with Crippen molar-refractivity contribution in [2.45, 2.75) is 13.0 Å². The minimum Gasteiger partial charge on any atom is -0.484 e. The highest BCUT2D eigenvalue weighted by molar-refractivity contribution is 5.77. The van der Waals surface area contributed by atoms with Gasteiger partial charge in [0, 0.05) is 13.1 Å². The molecular formula is C14H19NO4. The van der Waals surface area contributed by atoms with Gasteiger partial charge in [-0.25, -0.2) is 0 Å². The van der Waals surface area contributed by atoms with Crippen LogP contribution in [0.2, 0.25) is 0 Å². The van der Waals surface area contributed by atoms with Crippen LogP contribution in [0.1, 0.15) is 18.6 Å². The normalized spacial score (nSPS) is 17.1. The van der Waals surface area contributed by atoms with E-state index < -0.39 is 6.10 Å². The standard InChI is InChI=1S/C14H19NO4/c1-11(16)12-3-2-4-13(9-12)19-10-14(17)15-5-7-18-8-6-15/h2-4,9,11,16H,5-8,10H2,1H3. The molecule has 1 atom stereocenters. The Morgan fingerprint density at radius 2 is 2.21 bits per heavy atom. The molecule has 0 saturated carbocycles. The Balaban J connectivity index is 1.87. The molecular weight excluding hydrogens is 246 g/mol. The van der Waals surface area contributed by atoms with Crippen molar-refractivity contribution < 1.29 is 19.4 Å². The summed E-state index contributed by atoms with van der Waals surface area (Å²) in [4.78, 5) is 13.6.